The summed E-state index contributed by atoms with van der Waals surface area (Å²) in [5, 5.41) is 12.3. The molecule has 0 aromatic heterocycles. The Kier molecular flexibility index (Phi) is 3.41. The summed E-state index contributed by atoms with van der Waals surface area (Å²) in [5.74, 6) is 0. The zero-order valence-corrected chi connectivity index (χ0v) is 11.7. The number of rotatable bonds is 1. The highest BCUT2D eigenvalue weighted by Gasteiger charge is 2.26. The van der Waals surface area contributed by atoms with E-state index in [9.17, 15) is 0 Å². The van der Waals surface area contributed by atoms with Gasteiger partial charge >= 0.3 is 0 Å². The minimum absolute atomic E-state index is 0.131. The van der Waals surface area contributed by atoms with Crippen LogP contribution in [0.2, 0.25) is 0 Å². The number of benzene rings is 1. The van der Waals surface area contributed by atoms with Crippen molar-refractivity contribution in [3.8, 4) is 6.07 Å². The number of hydrogen-bond donors (Lipinski definition) is 1. The van der Waals surface area contributed by atoms with Crippen LogP contribution in [0.4, 0.5) is 5.69 Å². The van der Waals surface area contributed by atoms with Crippen molar-refractivity contribution in [2.45, 2.75) is 19.4 Å². The van der Waals surface area contributed by atoms with Crippen LogP contribution in [0.3, 0.4) is 0 Å². The molecule has 2 rings (SSSR count). The van der Waals surface area contributed by atoms with Crippen LogP contribution in [0.15, 0.2) is 22.7 Å². The van der Waals surface area contributed by atoms with E-state index >= 15 is 0 Å². The van der Waals surface area contributed by atoms with E-state index in [-0.39, 0.29) is 5.54 Å². The summed E-state index contributed by atoms with van der Waals surface area (Å²) in [5.41, 5.74) is 1.99. The monoisotopic (exact) mass is 293 g/mol. The van der Waals surface area contributed by atoms with E-state index in [0.717, 1.165) is 24.1 Å². The maximum atomic E-state index is 8.85. The van der Waals surface area contributed by atoms with Gasteiger partial charge in [0.05, 0.1) is 17.3 Å². The molecule has 1 fully saturated rings. The first-order valence-corrected chi connectivity index (χ1v) is 6.51. The fourth-order valence-corrected chi connectivity index (χ4v) is 2.81. The van der Waals surface area contributed by atoms with Crippen molar-refractivity contribution in [3.63, 3.8) is 0 Å². The Morgan fingerprint density at radius 3 is 2.82 bits per heavy atom. The van der Waals surface area contributed by atoms with E-state index in [0.29, 0.717) is 5.56 Å². The van der Waals surface area contributed by atoms with E-state index in [1.54, 1.807) is 0 Å². The highest BCUT2D eigenvalue weighted by Crippen LogP contribution is 2.29. The molecule has 0 aliphatic carbocycles. The molecule has 1 heterocycles. The lowest BCUT2D eigenvalue weighted by Gasteiger charge is -2.40. The maximum absolute atomic E-state index is 8.85. The van der Waals surface area contributed by atoms with Crippen molar-refractivity contribution in [1.29, 1.82) is 5.26 Å². The van der Waals surface area contributed by atoms with Crippen LogP contribution in [-0.2, 0) is 0 Å². The molecule has 0 atom stereocenters. The predicted molar refractivity (Wildman–Crippen MR) is 73.2 cm³/mol. The van der Waals surface area contributed by atoms with E-state index in [2.05, 4.69) is 46.1 Å². The topological polar surface area (TPSA) is 39.1 Å². The summed E-state index contributed by atoms with van der Waals surface area (Å²) in [6.07, 6.45) is 0. The molecule has 1 N–H and O–H groups in total. The van der Waals surface area contributed by atoms with Gasteiger partial charge in [0, 0.05) is 29.6 Å². The van der Waals surface area contributed by atoms with Crippen LogP contribution in [-0.4, -0.2) is 25.2 Å². The molecule has 0 bridgehead atoms. The van der Waals surface area contributed by atoms with Crippen LogP contribution in [0, 0.1) is 11.3 Å². The van der Waals surface area contributed by atoms with Crippen molar-refractivity contribution in [1.82, 2.24) is 5.32 Å². The van der Waals surface area contributed by atoms with Crippen molar-refractivity contribution < 1.29 is 0 Å². The molecule has 3 nitrogen and oxygen atoms in total. The molecular weight excluding hydrogens is 278 g/mol. The normalized spacial score (nSPS) is 18.8. The lowest BCUT2D eigenvalue weighted by atomic mass is 10.0. The van der Waals surface area contributed by atoms with Crippen LogP contribution in [0.5, 0.6) is 0 Å². The minimum Gasteiger partial charge on any atom is -0.368 e. The Bertz CT molecular complexity index is 462. The number of halogens is 1. The number of hydrogen-bond acceptors (Lipinski definition) is 3. The van der Waals surface area contributed by atoms with Gasteiger partial charge in [-0.05, 0) is 48.0 Å². The molecule has 1 aliphatic rings. The van der Waals surface area contributed by atoms with E-state index < -0.39 is 0 Å². The molecule has 1 aromatic carbocycles. The minimum atomic E-state index is 0.131. The van der Waals surface area contributed by atoms with Crippen molar-refractivity contribution in [3.05, 3.63) is 28.2 Å². The van der Waals surface area contributed by atoms with Gasteiger partial charge in [-0.15, -0.1) is 0 Å². The largest absolute Gasteiger partial charge is 0.368 e. The number of anilines is 1. The van der Waals surface area contributed by atoms with Gasteiger partial charge in [-0.1, -0.05) is 0 Å². The van der Waals surface area contributed by atoms with Gasteiger partial charge in [0.1, 0.15) is 0 Å². The summed E-state index contributed by atoms with van der Waals surface area (Å²) < 4.78 is 0.995. The van der Waals surface area contributed by atoms with Gasteiger partial charge in [-0.2, -0.15) is 5.26 Å². The molecule has 17 heavy (non-hydrogen) atoms. The maximum Gasteiger partial charge on any atom is 0.0992 e. The van der Waals surface area contributed by atoms with Crippen LogP contribution >= 0.6 is 15.9 Å². The molecule has 0 amide bonds. The van der Waals surface area contributed by atoms with Gasteiger partial charge in [0.15, 0.2) is 0 Å². The lowest BCUT2D eigenvalue weighted by molar-refractivity contribution is 0.353. The van der Waals surface area contributed by atoms with Gasteiger partial charge in [0.25, 0.3) is 0 Å². The van der Waals surface area contributed by atoms with E-state index in [1.165, 1.54) is 5.69 Å². The third-order valence-corrected chi connectivity index (χ3v) is 3.62. The first-order valence-electron chi connectivity index (χ1n) is 5.71. The molecule has 0 spiro atoms. The standard InChI is InChI=1S/C13H16BrN3/c1-13(2)9-17(6-5-16-13)12-4-3-10(8-15)7-11(12)14/h3-4,7,16H,5-6,9H2,1-2H3. The van der Waals surface area contributed by atoms with E-state index in [4.69, 9.17) is 5.26 Å². The Morgan fingerprint density at radius 2 is 2.24 bits per heavy atom. The van der Waals surface area contributed by atoms with Crippen molar-refractivity contribution in [2.24, 2.45) is 0 Å². The Hall–Kier alpha value is -1.05. The third-order valence-electron chi connectivity index (χ3n) is 2.99. The molecular formula is C13H16BrN3. The number of piperazine rings is 1. The van der Waals surface area contributed by atoms with Crippen molar-refractivity contribution in [2.75, 3.05) is 24.5 Å². The smallest absolute Gasteiger partial charge is 0.0992 e. The SMILES string of the molecule is CC1(C)CN(c2ccc(C#N)cc2Br)CCN1. The molecule has 0 unspecified atom stereocenters. The zero-order chi connectivity index (χ0) is 12.5. The summed E-state index contributed by atoms with van der Waals surface area (Å²) in [6, 6.07) is 7.92. The summed E-state index contributed by atoms with van der Waals surface area (Å²) in [6.45, 7) is 7.36. The zero-order valence-electron chi connectivity index (χ0n) is 10.1. The first kappa shape index (κ1) is 12.4. The Balaban J connectivity index is 2.26. The predicted octanol–water partition coefficient (Wildman–Crippen LogP) is 2.51. The second kappa shape index (κ2) is 4.67. The Morgan fingerprint density at radius 1 is 1.47 bits per heavy atom. The third kappa shape index (κ3) is 2.80. The lowest BCUT2D eigenvalue weighted by Crippen LogP contribution is -2.57. The quantitative estimate of drug-likeness (QED) is 0.865. The van der Waals surface area contributed by atoms with Gasteiger partial charge in [-0.25, -0.2) is 0 Å². The summed E-state index contributed by atoms with van der Waals surface area (Å²) in [4.78, 5) is 2.35. The van der Waals surface area contributed by atoms with Crippen LogP contribution in [0.1, 0.15) is 19.4 Å². The molecule has 90 valence electrons. The summed E-state index contributed by atoms with van der Waals surface area (Å²) >= 11 is 3.55. The molecule has 1 saturated heterocycles. The highest BCUT2D eigenvalue weighted by molar-refractivity contribution is 9.10. The van der Waals surface area contributed by atoms with Crippen LogP contribution < -0.4 is 10.2 Å². The van der Waals surface area contributed by atoms with Gasteiger partial charge in [0.2, 0.25) is 0 Å². The molecule has 4 heteroatoms. The van der Waals surface area contributed by atoms with Gasteiger partial charge < -0.3 is 10.2 Å². The average Bonchev–Trinajstić information content (AvgIpc) is 2.27. The Labute approximate surface area is 111 Å². The number of nitrogens with one attached hydrogen (secondary N) is 1. The molecule has 0 saturated carbocycles. The number of nitriles is 1. The molecule has 1 aliphatic heterocycles. The van der Waals surface area contributed by atoms with Crippen LogP contribution in [0.25, 0.3) is 0 Å². The van der Waals surface area contributed by atoms with E-state index in [1.807, 2.05) is 18.2 Å². The first-order chi connectivity index (χ1) is 8.02. The second-order valence-electron chi connectivity index (χ2n) is 5.01. The molecule has 1 aromatic rings. The highest BCUT2D eigenvalue weighted by atomic mass is 79.9. The van der Waals surface area contributed by atoms with Crippen molar-refractivity contribution >= 4 is 21.6 Å². The molecule has 0 radical (unpaired) electrons. The summed E-state index contributed by atoms with van der Waals surface area (Å²) in [7, 11) is 0. The fraction of sp³-hybridized carbons (Fsp3) is 0.462. The number of nitrogens with zero attached hydrogens (tertiary/aromatic N) is 2. The average molecular weight is 294 g/mol. The fourth-order valence-electron chi connectivity index (χ4n) is 2.18. The van der Waals surface area contributed by atoms with Gasteiger partial charge in [-0.3, -0.25) is 0 Å². The second-order valence-corrected chi connectivity index (χ2v) is 5.86.